The van der Waals surface area contributed by atoms with Crippen LogP contribution in [0.3, 0.4) is 0 Å². The van der Waals surface area contributed by atoms with Crippen LogP contribution in [-0.4, -0.2) is 36.5 Å². The largest absolute Gasteiger partial charge is 0.343 e. The number of amides is 1. The SMILES string of the molecule is CC1CCC(N(C)C(=O)C2CCNC(C)C2)CC1. The summed E-state index contributed by atoms with van der Waals surface area (Å²) < 4.78 is 0. The molecule has 104 valence electrons. The van der Waals surface area contributed by atoms with Gasteiger partial charge in [0.25, 0.3) is 0 Å². The van der Waals surface area contributed by atoms with E-state index in [4.69, 9.17) is 0 Å². The van der Waals surface area contributed by atoms with Gasteiger partial charge in [-0.15, -0.1) is 0 Å². The van der Waals surface area contributed by atoms with Gasteiger partial charge in [0.2, 0.25) is 5.91 Å². The van der Waals surface area contributed by atoms with Gasteiger partial charge in [0.15, 0.2) is 0 Å². The predicted molar refractivity (Wildman–Crippen MR) is 74.4 cm³/mol. The van der Waals surface area contributed by atoms with Crippen LogP contribution in [0.5, 0.6) is 0 Å². The highest BCUT2D eigenvalue weighted by molar-refractivity contribution is 5.79. The number of hydrogen-bond donors (Lipinski definition) is 1. The van der Waals surface area contributed by atoms with E-state index in [1.54, 1.807) is 0 Å². The summed E-state index contributed by atoms with van der Waals surface area (Å²) in [5.41, 5.74) is 0. The smallest absolute Gasteiger partial charge is 0.225 e. The van der Waals surface area contributed by atoms with Crippen LogP contribution in [0.25, 0.3) is 0 Å². The molecule has 2 unspecified atom stereocenters. The fraction of sp³-hybridized carbons (Fsp3) is 0.933. The summed E-state index contributed by atoms with van der Waals surface area (Å²) in [6, 6.07) is 0.992. The van der Waals surface area contributed by atoms with Crippen LogP contribution in [-0.2, 0) is 4.79 Å². The molecule has 0 aromatic heterocycles. The van der Waals surface area contributed by atoms with Crippen molar-refractivity contribution in [2.24, 2.45) is 11.8 Å². The van der Waals surface area contributed by atoms with Crippen LogP contribution in [0.4, 0.5) is 0 Å². The van der Waals surface area contributed by atoms with Gasteiger partial charge in [0.1, 0.15) is 0 Å². The zero-order valence-corrected chi connectivity index (χ0v) is 12.1. The predicted octanol–water partition coefficient (Wildman–Crippen LogP) is 2.41. The minimum absolute atomic E-state index is 0.255. The molecule has 3 heteroatoms. The summed E-state index contributed by atoms with van der Waals surface area (Å²) in [7, 11) is 2.02. The van der Waals surface area contributed by atoms with Gasteiger partial charge in [0.05, 0.1) is 0 Å². The first-order chi connectivity index (χ1) is 8.58. The lowest BCUT2D eigenvalue weighted by molar-refractivity contribution is -0.138. The lowest BCUT2D eigenvalue weighted by Gasteiger charge is -2.37. The number of carbonyl (C=O) groups excluding carboxylic acids is 1. The Morgan fingerprint density at radius 3 is 2.39 bits per heavy atom. The van der Waals surface area contributed by atoms with Gasteiger partial charge in [-0.2, -0.15) is 0 Å². The third kappa shape index (κ3) is 3.25. The molecule has 2 fully saturated rings. The maximum Gasteiger partial charge on any atom is 0.225 e. The number of carbonyl (C=O) groups is 1. The van der Waals surface area contributed by atoms with Crippen molar-refractivity contribution in [3.8, 4) is 0 Å². The monoisotopic (exact) mass is 252 g/mol. The van der Waals surface area contributed by atoms with E-state index in [2.05, 4.69) is 24.1 Å². The van der Waals surface area contributed by atoms with Crippen molar-refractivity contribution in [1.29, 1.82) is 0 Å². The van der Waals surface area contributed by atoms with Crippen LogP contribution < -0.4 is 5.32 Å². The molecular formula is C15H28N2O. The number of hydrogen-bond acceptors (Lipinski definition) is 2. The molecule has 1 aliphatic heterocycles. The molecule has 0 radical (unpaired) electrons. The zero-order valence-electron chi connectivity index (χ0n) is 12.1. The Balaban J connectivity index is 1.87. The van der Waals surface area contributed by atoms with Crippen LogP contribution in [0.15, 0.2) is 0 Å². The summed E-state index contributed by atoms with van der Waals surface area (Å²) in [5.74, 6) is 1.50. The molecule has 1 saturated heterocycles. The van der Waals surface area contributed by atoms with Crippen molar-refractivity contribution in [2.75, 3.05) is 13.6 Å². The van der Waals surface area contributed by atoms with Crippen LogP contribution in [0.2, 0.25) is 0 Å². The normalized spacial score (nSPS) is 37.3. The molecule has 2 rings (SSSR count). The maximum absolute atomic E-state index is 12.5. The van der Waals surface area contributed by atoms with Gasteiger partial charge < -0.3 is 10.2 Å². The van der Waals surface area contributed by atoms with Crippen molar-refractivity contribution in [3.63, 3.8) is 0 Å². The number of nitrogens with one attached hydrogen (secondary N) is 1. The zero-order chi connectivity index (χ0) is 13.1. The highest BCUT2D eigenvalue weighted by atomic mass is 16.2. The van der Waals surface area contributed by atoms with E-state index in [1.807, 2.05) is 7.05 Å². The number of rotatable bonds is 2. The molecule has 0 aromatic carbocycles. The lowest BCUT2D eigenvalue weighted by Crippen LogP contribution is -2.46. The van der Waals surface area contributed by atoms with Gasteiger partial charge in [-0.05, 0) is 57.9 Å². The molecule has 0 aromatic rings. The van der Waals surface area contributed by atoms with E-state index in [-0.39, 0.29) is 5.92 Å². The molecule has 2 atom stereocenters. The topological polar surface area (TPSA) is 32.3 Å². The lowest BCUT2D eigenvalue weighted by atomic mass is 9.85. The summed E-state index contributed by atoms with van der Waals surface area (Å²) in [5, 5.41) is 3.42. The Morgan fingerprint density at radius 2 is 1.78 bits per heavy atom. The third-order valence-electron chi connectivity index (χ3n) is 4.85. The molecule has 2 aliphatic rings. The van der Waals surface area contributed by atoms with E-state index in [1.165, 1.54) is 25.7 Å². The Morgan fingerprint density at radius 1 is 1.11 bits per heavy atom. The first-order valence-corrected chi connectivity index (χ1v) is 7.58. The van der Waals surface area contributed by atoms with E-state index >= 15 is 0 Å². The van der Waals surface area contributed by atoms with Crippen molar-refractivity contribution in [3.05, 3.63) is 0 Å². The average molecular weight is 252 g/mol. The van der Waals surface area contributed by atoms with Crippen molar-refractivity contribution < 1.29 is 4.79 Å². The summed E-state index contributed by atoms with van der Waals surface area (Å²) in [4.78, 5) is 14.6. The summed E-state index contributed by atoms with van der Waals surface area (Å²) in [6.45, 7) is 5.50. The van der Waals surface area contributed by atoms with E-state index in [0.29, 0.717) is 18.0 Å². The molecule has 1 aliphatic carbocycles. The molecule has 0 bridgehead atoms. The maximum atomic E-state index is 12.5. The molecule has 1 saturated carbocycles. The minimum atomic E-state index is 0.255. The van der Waals surface area contributed by atoms with Gasteiger partial charge in [-0.3, -0.25) is 4.79 Å². The third-order valence-corrected chi connectivity index (χ3v) is 4.85. The highest BCUT2D eigenvalue weighted by Crippen LogP contribution is 2.28. The Labute approximate surface area is 111 Å². The molecule has 1 heterocycles. The Kier molecular flexibility index (Phi) is 4.66. The molecule has 1 N–H and O–H groups in total. The van der Waals surface area contributed by atoms with E-state index in [9.17, 15) is 4.79 Å². The molecular weight excluding hydrogens is 224 g/mol. The second kappa shape index (κ2) is 6.05. The molecule has 18 heavy (non-hydrogen) atoms. The van der Waals surface area contributed by atoms with Crippen molar-refractivity contribution in [1.82, 2.24) is 10.2 Å². The molecule has 0 spiro atoms. The highest BCUT2D eigenvalue weighted by Gasteiger charge is 2.31. The standard InChI is InChI=1S/C15H28N2O/c1-11-4-6-14(7-5-11)17(3)15(18)13-8-9-16-12(2)10-13/h11-14,16H,4-10H2,1-3H3. The van der Waals surface area contributed by atoms with Crippen molar-refractivity contribution in [2.45, 2.75) is 64.5 Å². The Hall–Kier alpha value is -0.570. The van der Waals surface area contributed by atoms with Gasteiger partial charge >= 0.3 is 0 Å². The van der Waals surface area contributed by atoms with E-state index < -0.39 is 0 Å². The van der Waals surface area contributed by atoms with Crippen LogP contribution in [0, 0.1) is 11.8 Å². The van der Waals surface area contributed by atoms with E-state index in [0.717, 1.165) is 25.3 Å². The van der Waals surface area contributed by atoms with Gasteiger partial charge in [-0.25, -0.2) is 0 Å². The average Bonchev–Trinajstić information content (AvgIpc) is 2.38. The first-order valence-electron chi connectivity index (χ1n) is 7.58. The summed E-state index contributed by atoms with van der Waals surface area (Å²) >= 11 is 0. The fourth-order valence-electron chi connectivity index (χ4n) is 3.45. The van der Waals surface area contributed by atoms with Gasteiger partial charge in [-0.1, -0.05) is 6.92 Å². The first kappa shape index (κ1) is 13.9. The number of piperidine rings is 1. The molecule has 3 nitrogen and oxygen atoms in total. The quantitative estimate of drug-likeness (QED) is 0.818. The van der Waals surface area contributed by atoms with Crippen molar-refractivity contribution >= 4 is 5.91 Å². The summed E-state index contributed by atoms with van der Waals surface area (Å²) in [6.07, 6.45) is 6.98. The van der Waals surface area contributed by atoms with Gasteiger partial charge in [0, 0.05) is 25.0 Å². The fourth-order valence-corrected chi connectivity index (χ4v) is 3.45. The van der Waals surface area contributed by atoms with Crippen LogP contribution >= 0.6 is 0 Å². The second-order valence-corrected chi connectivity index (χ2v) is 6.44. The number of nitrogens with zero attached hydrogens (tertiary/aromatic N) is 1. The second-order valence-electron chi connectivity index (χ2n) is 6.44. The minimum Gasteiger partial charge on any atom is -0.343 e. The van der Waals surface area contributed by atoms with Crippen LogP contribution in [0.1, 0.15) is 52.4 Å². The molecule has 1 amide bonds. The Bertz CT molecular complexity index is 284.